The van der Waals surface area contributed by atoms with E-state index in [0.29, 0.717) is 23.5 Å². The fraction of sp³-hybridized carbons (Fsp3) is 0.929. The Hall–Kier alpha value is 1.06. The van der Waals surface area contributed by atoms with Gasteiger partial charge >= 0.3 is 149 Å². The van der Waals surface area contributed by atoms with Crippen LogP contribution in [0, 0.1) is 0 Å². The van der Waals surface area contributed by atoms with Crippen molar-refractivity contribution in [1.29, 1.82) is 0 Å². The van der Waals surface area contributed by atoms with Crippen LogP contribution in [0.2, 0.25) is 0 Å². The van der Waals surface area contributed by atoms with E-state index in [1.165, 1.54) is 6.92 Å². The summed E-state index contributed by atoms with van der Waals surface area (Å²) in [5, 5.41) is 0. The summed E-state index contributed by atoms with van der Waals surface area (Å²) >= 11 is 23.6. The average molecular weight is 400 g/mol. The molecule has 0 N–H and O–H groups in total. The molecule has 0 heterocycles. The van der Waals surface area contributed by atoms with Crippen molar-refractivity contribution in [3.05, 3.63) is 0 Å². The van der Waals surface area contributed by atoms with Gasteiger partial charge in [0.25, 0.3) is 0 Å². The molecular formula is C14H27Cl4O2P. The van der Waals surface area contributed by atoms with Crippen molar-refractivity contribution >= 4 is 59.2 Å². The van der Waals surface area contributed by atoms with Gasteiger partial charge in [-0.2, -0.15) is 0 Å². The number of carbonyl (C=O) groups is 1. The van der Waals surface area contributed by atoms with Gasteiger partial charge in [-0.15, -0.1) is 0 Å². The van der Waals surface area contributed by atoms with Crippen molar-refractivity contribution in [2.75, 3.05) is 48.2 Å². The van der Waals surface area contributed by atoms with Crippen LogP contribution in [0.25, 0.3) is 0 Å². The summed E-state index contributed by atoms with van der Waals surface area (Å²) in [6.45, 7) is -1.18. The first-order valence-electron chi connectivity index (χ1n) is 7.42. The molecule has 0 aliphatic carbocycles. The Labute approximate surface area is 149 Å². The van der Waals surface area contributed by atoms with Crippen LogP contribution in [0.5, 0.6) is 0 Å². The van der Waals surface area contributed by atoms with Crippen molar-refractivity contribution in [3.8, 4) is 0 Å². The monoisotopic (exact) mass is 398 g/mol. The number of alkyl halides is 4. The zero-order chi connectivity index (χ0) is 16.2. The Morgan fingerprint density at radius 1 is 0.762 bits per heavy atom. The van der Waals surface area contributed by atoms with Gasteiger partial charge in [0.2, 0.25) is 0 Å². The van der Waals surface area contributed by atoms with Crippen LogP contribution in [-0.4, -0.2) is 54.1 Å². The molecule has 0 aliphatic rings. The fourth-order valence-corrected chi connectivity index (χ4v) is 10.6. The Balaban J connectivity index is 5.50. The van der Waals surface area contributed by atoms with E-state index in [0.717, 1.165) is 50.3 Å². The Bertz CT molecular complexity index is 259. The topological polar surface area (TPSA) is 26.3 Å². The Kier molecular flexibility index (Phi) is 12.2. The predicted octanol–water partition coefficient (Wildman–Crippen LogP) is 5.53. The van der Waals surface area contributed by atoms with Crippen LogP contribution >= 0.6 is 53.2 Å². The number of hydrogen-bond donors (Lipinski definition) is 0. The minimum absolute atomic E-state index is 0.207. The van der Waals surface area contributed by atoms with Gasteiger partial charge in [-0.05, 0) is 0 Å². The van der Waals surface area contributed by atoms with Gasteiger partial charge in [-0.3, -0.25) is 0 Å². The third-order valence-corrected chi connectivity index (χ3v) is 11.4. The van der Waals surface area contributed by atoms with Crippen LogP contribution in [0.1, 0.15) is 32.6 Å². The second-order valence-electron chi connectivity index (χ2n) is 5.51. The molecule has 0 saturated carbocycles. The zero-order valence-electron chi connectivity index (χ0n) is 12.8. The quantitative estimate of drug-likeness (QED) is 0.300. The molecule has 0 fully saturated rings. The third-order valence-electron chi connectivity index (χ3n) is 3.82. The normalized spacial score (nSPS) is 13.7. The zero-order valence-corrected chi connectivity index (χ0v) is 16.7. The summed E-state index contributed by atoms with van der Waals surface area (Å²) in [4.78, 5) is 11.8. The number of carbonyl (C=O) groups excluding carboxylic acids is 1. The molecule has 0 aliphatic heterocycles. The van der Waals surface area contributed by atoms with Gasteiger partial charge in [0, 0.05) is 0 Å². The van der Waals surface area contributed by atoms with Crippen LogP contribution < -0.4 is 0 Å². The van der Waals surface area contributed by atoms with E-state index in [1.54, 1.807) is 0 Å². The maximum absolute atomic E-state index is 11.8. The van der Waals surface area contributed by atoms with E-state index in [-0.39, 0.29) is 5.97 Å². The molecule has 2 nitrogen and oxygen atoms in total. The molecule has 0 saturated heterocycles. The van der Waals surface area contributed by atoms with E-state index >= 15 is 0 Å². The van der Waals surface area contributed by atoms with Crippen molar-refractivity contribution < 1.29 is 9.32 Å². The van der Waals surface area contributed by atoms with Gasteiger partial charge in [0.15, 0.2) is 0 Å². The van der Waals surface area contributed by atoms with Crippen LogP contribution in [0.3, 0.4) is 0 Å². The summed E-state index contributed by atoms with van der Waals surface area (Å²) in [5.74, 6) is 2.08. The van der Waals surface area contributed by atoms with Crippen LogP contribution in [0.15, 0.2) is 0 Å². The summed E-state index contributed by atoms with van der Waals surface area (Å²) in [5.41, 5.74) is 0. The van der Waals surface area contributed by atoms with Gasteiger partial charge in [0.1, 0.15) is 0 Å². The predicted molar refractivity (Wildman–Crippen MR) is 99.5 cm³/mol. The first-order chi connectivity index (χ1) is 9.97. The first kappa shape index (κ1) is 22.1. The molecule has 0 spiro atoms. The molecule has 7 heteroatoms. The van der Waals surface area contributed by atoms with Crippen molar-refractivity contribution in [2.24, 2.45) is 0 Å². The standard InChI is InChI=1S/C14H27Cl4O2P/c1-14(19)20-21(10-2-6-15,11-3-7-16,12-4-8-17)13-5-9-18/h2-13H2,1H3. The molecule has 128 valence electrons. The van der Waals surface area contributed by atoms with E-state index in [9.17, 15) is 4.79 Å². The van der Waals surface area contributed by atoms with Crippen LogP contribution in [-0.2, 0) is 9.32 Å². The Morgan fingerprint density at radius 2 is 1.05 bits per heavy atom. The summed E-state index contributed by atoms with van der Waals surface area (Å²) in [6.07, 6.45) is 6.83. The Morgan fingerprint density at radius 3 is 1.24 bits per heavy atom. The number of hydrogen-bond acceptors (Lipinski definition) is 2. The SMILES string of the molecule is CC(=O)OP(CCCCl)(CCCCl)(CCCCl)CCCCl. The molecule has 0 bridgehead atoms. The molecule has 0 rings (SSSR count). The van der Waals surface area contributed by atoms with Gasteiger partial charge in [-0.25, -0.2) is 0 Å². The molecule has 0 aromatic heterocycles. The molecule has 0 unspecified atom stereocenters. The minimum atomic E-state index is -2.67. The van der Waals surface area contributed by atoms with E-state index < -0.39 is 6.83 Å². The molecule has 0 amide bonds. The van der Waals surface area contributed by atoms with E-state index in [2.05, 4.69) is 0 Å². The van der Waals surface area contributed by atoms with Gasteiger partial charge in [0.05, 0.1) is 0 Å². The summed E-state index contributed by atoms with van der Waals surface area (Å²) in [7, 11) is 0. The maximum atomic E-state index is 11.8. The van der Waals surface area contributed by atoms with Crippen molar-refractivity contribution in [3.63, 3.8) is 0 Å². The van der Waals surface area contributed by atoms with Crippen molar-refractivity contribution in [1.82, 2.24) is 0 Å². The van der Waals surface area contributed by atoms with Gasteiger partial charge < -0.3 is 0 Å². The summed E-state index contributed by atoms with van der Waals surface area (Å²) in [6, 6.07) is 0. The van der Waals surface area contributed by atoms with Gasteiger partial charge in [-0.1, -0.05) is 0 Å². The average Bonchev–Trinajstić information content (AvgIpc) is 2.47. The second-order valence-corrected chi connectivity index (χ2v) is 12.7. The molecule has 0 aromatic rings. The number of halogens is 4. The van der Waals surface area contributed by atoms with Crippen molar-refractivity contribution in [2.45, 2.75) is 32.6 Å². The van der Waals surface area contributed by atoms with Crippen LogP contribution in [0.4, 0.5) is 0 Å². The molecule has 21 heavy (non-hydrogen) atoms. The first-order valence-corrected chi connectivity index (χ1v) is 12.5. The third kappa shape index (κ3) is 7.93. The van der Waals surface area contributed by atoms with E-state index in [4.69, 9.17) is 50.9 Å². The second kappa shape index (κ2) is 11.6. The van der Waals surface area contributed by atoms with E-state index in [1.807, 2.05) is 0 Å². The number of rotatable bonds is 13. The summed E-state index contributed by atoms with van der Waals surface area (Å²) < 4.78 is 6.09. The molecular weight excluding hydrogens is 373 g/mol. The molecule has 0 aromatic carbocycles. The molecule has 0 atom stereocenters. The molecule has 0 radical (unpaired) electrons. The fourth-order valence-electron chi connectivity index (χ4n) is 3.06.